The van der Waals surface area contributed by atoms with E-state index < -0.39 is 0 Å². The molecule has 0 amide bonds. The molecule has 0 aliphatic carbocycles. The first-order valence-electron chi connectivity index (χ1n) is 0.943. The van der Waals surface area contributed by atoms with Gasteiger partial charge < -0.3 is 0 Å². The Balaban J connectivity index is 2.65. The molecule has 3 nitrogen and oxygen atoms in total. The van der Waals surface area contributed by atoms with Crippen LogP contribution in [0.4, 0.5) is 0 Å². The van der Waals surface area contributed by atoms with Gasteiger partial charge in [-0.2, -0.15) is 0 Å². The molecule has 0 aliphatic heterocycles. The van der Waals surface area contributed by atoms with Crippen molar-refractivity contribution in [3.05, 3.63) is 0 Å². The molecule has 5 heteroatoms. The Hall–Kier alpha value is -0.470. The summed E-state index contributed by atoms with van der Waals surface area (Å²) in [6, 6.07) is 0. The zero-order valence-electron chi connectivity index (χ0n) is 2.38. The molecule has 0 aromatic carbocycles. The van der Waals surface area contributed by atoms with Crippen LogP contribution in [0.2, 0.25) is 0 Å². The first kappa shape index (κ1) is 4.53. The molecule has 0 N–H and O–H groups in total. The average molecular weight is 68.0 g/mol. The summed E-state index contributed by atoms with van der Waals surface area (Å²) >= 11 is 0. The molecule has 0 aliphatic rings. The molecule has 24 valence electrons. The van der Waals surface area contributed by atoms with Gasteiger partial charge in [-0.05, 0) is 0 Å². The average Bonchev–Trinajstić information content (AvgIpc) is 1.41. The second-order valence-corrected chi connectivity index (χ2v) is 0.329. The molecule has 0 spiro atoms. The molecular formula is B2O3. The van der Waals surface area contributed by atoms with Gasteiger partial charge in [-0.3, -0.25) is 0 Å². The summed E-state index contributed by atoms with van der Waals surface area (Å²) in [6.07, 6.45) is 0. The second kappa shape index (κ2) is 3.53. The third-order valence-corrected chi connectivity index (χ3v) is 0.111. The van der Waals surface area contributed by atoms with Crippen molar-refractivity contribution in [3.63, 3.8) is 0 Å². The molecule has 0 radical (unpaired) electrons. The van der Waals surface area contributed by atoms with E-state index in [0.717, 1.165) is 0 Å². The molecule has 0 rings (SSSR count). The molecule has 0 aromatic heterocycles. The van der Waals surface area contributed by atoms with Crippen molar-refractivity contribution in [2.45, 2.75) is 0 Å². The van der Waals surface area contributed by atoms with Crippen LogP contribution >= 0.6 is 0 Å². The summed E-state index contributed by atoms with van der Waals surface area (Å²) in [6.45, 7) is 0. The summed E-state index contributed by atoms with van der Waals surface area (Å²) in [4.78, 5) is 0. The van der Waals surface area contributed by atoms with Crippen LogP contribution < -0.4 is 0 Å². The molecule has 5 heavy (non-hydrogen) atoms. The maximum absolute atomic E-state index is 8.95. The summed E-state index contributed by atoms with van der Waals surface area (Å²) in [5, 5.41) is 0. The van der Waals surface area contributed by atoms with E-state index >= 15 is 0 Å². The summed E-state index contributed by atoms with van der Waals surface area (Å²) in [7, 11) is 0.125. The Labute approximate surface area is 29.9 Å². The van der Waals surface area contributed by atoms with Gasteiger partial charge in [0.25, 0.3) is 0 Å². The fourth-order valence-corrected chi connectivity index (χ4v) is 0.0227. The normalized spacial score (nSPS) is 4.00. The molecule has 0 atom stereocenters. The molecule has 0 unspecified atom stereocenters. The van der Waals surface area contributed by atoms with Gasteiger partial charge in [-0.25, -0.2) is 0 Å². The van der Waals surface area contributed by atoms with Crippen LogP contribution in [-0.4, -0.2) is 14.7 Å². The van der Waals surface area contributed by atoms with Crippen LogP contribution in [0.5, 0.6) is 0 Å². The van der Waals surface area contributed by atoms with Crippen LogP contribution in [0.3, 0.4) is 0 Å². The predicted molar refractivity (Wildman–Crippen MR) is 14.0 cm³/mol. The third-order valence-electron chi connectivity index (χ3n) is 0.111. The summed E-state index contributed by atoms with van der Waals surface area (Å²) < 4.78 is 21.4. The van der Waals surface area contributed by atoms with E-state index in [-0.39, 0.29) is 14.7 Å². The van der Waals surface area contributed by atoms with Crippen molar-refractivity contribution >= 4 is 14.7 Å². The van der Waals surface area contributed by atoms with E-state index in [9.17, 15) is 0 Å². The molecule has 0 aromatic rings. The van der Waals surface area contributed by atoms with Crippen molar-refractivity contribution in [1.82, 2.24) is 0 Å². The summed E-state index contributed by atoms with van der Waals surface area (Å²) in [5.41, 5.74) is 0. The minimum atomic E-state index is 0.0625. The van der Waals surface area contributed by atoms with Crippen molar-refractivity contribution in [1.29, 1.82) is 0 Å². The number of rotatable bonds is 2. The van der Waals surface area contributed by atoms with E-state index in [1.54, 1.807) is 0 Å². The van der Waals surface area contributed by atoms with Gasteiger partial charge in [0.05, 0.1) is 0 Å². The second-order valence-electron chi connectivity index (χ2n) is 0.329. The van der Waals surface area contributed by atoms with E-state index in [1.165, 1.54) is 0 Å². The molecule has 0 heterocycles. The third kappa shape index (κ3) is 3.53. The Morgan fingerprint density at radius 3 is 1.60 bits per heavy atom. The quantitative estimate of drug-likeness (QED) is 0.387. The number of hydrogen-bond donors (Lipinski definition) is 0. The predicted octanol–water partition coefficient (Wildman–Crippen LogP) is -1.07. The zero-order chi connectivity index (χ0) is 4.12. The molecule has 0 saturated heterocycles. The fraction of sp³-hybridized carbons (Fsp3) is 0. The van der Waals surface area contributed by atoms with Crippen molar-refractivity contribution < 1.29 is 14.0 Å². The number of hydrogen-bond acceptors (Lipinski definition) is 3. The van der Waals surface area contributed by atoms with Crippen LogP contribution in [0, 0.1) is 0 Å². The van der Waals surface area contributed by atoms with Crippen molar-refractivity contribution in [2.75, 3.05) is 0 Å². The van der Waals surface area contributed by atoms with E-state index in [4.69, 9.17) is 9.41 Å². The molecule has 0 fully saturated rings. The van der Waals surface area contributed by atoms with Gasteiger partial charge in [0.1, 0.15) is 0 Å². The monoisotopic (exact) mass is 68.0 g/mol. The summed E-state index contributed by atoms with van der Waals surface area (Å²) in [5.74, 6) is 0. The maximum atomic E-state index is 8.95. The van der Waals surface area contributed by atoms with E-state index in [2.05, 4.69) is 4.57 Å². The SMILES string of the molecule is O=[10B]O[10B]=O. The van der Waals surface area contributed by atoms with Crippen LogP contribution in [0.1, 0.15) is 0 Å². The standard InChI is InChI=1S/B2O3/c3-1-5-2-4/i1-1,2-1. The van der Waals surface area contributed by atoms with Crippen LogP contribution in [-0.2, 0) is 14.0 Å². The van der Waals surface area contributed by atoms with Gasteiger partial charge in [0.15, 0.2) is 0 Å². The van der Waals surface area contributed by atoms with Gasteiger partial charge in [0.2, 0.25) is 0 Å². The topological polar surface area (TPSA) is 43.4 Å². The Morgan fingerprint density at radius 1 is 1.20 bits per heavy atom. The first-order chi connectivity index (χ1) is 2.41. The Kier molecular flexibility index (Phi) is 3.20. The van der Waals surface area contributed by atoms with Crippen LogP contribution in [0.25, 0.3) is 0 Å². The van der Waals surface area contributed by atoms with Gasteiger partial charge >= 0.3 is 28.7 Å². The molecular weight excluding hydrogens is 68.0 g/mol. The minimum absolute atomic E-state index is 0.0625. The van der Waals surface area contributed by atoms with Crippen molar-refractivity contribution in [3.8, 4) is 0 Å². The van der Waals surface area contributed by atoms with Gasteiger partial charge in [0, 0.05) is 0 Å². The van der Waals surface area contributed by atoms with Gasteiger partial charge in [-0.1, -0.05) is 0 Å². The zero-order valence-corrected chi connectivity index (χ0v) is 2.38. The first-order valence-corrected chi connectivity index (χ1v) is 0.943. The van der Waals surface area contributed by atoms with Gasteiger partial charge in [-0.15, -0.1) is 0 Å². The van der Waals surface area contributed by atoms with E-state index in [1.807, 2.05) is 0 Å². The van der Waals surface area contributed by atoms with Crippen LogP contribution in [0.15, 0.2) is 0 Å². The molecule has 0 saturated carbocycles. The fourth-order valence-electron chi connectivity index (χ4n) is 0.0227. The van der Waals surface area contributed by atoms with Crippen molar-refractivity contribution in [2.24, 2.45) is 0 Å². The Bertz CT molecular complexity index is 34.2. The van der Waals surface area contributed by atoms with E-state index in [0.29, 0.717) is 0 Å². The molecule has 0 bridgehead atoms. The Morgan fingerprint density at radius 2 is 1.60 bits per heavy atom.